The molecule has 0 aliphatic heterocycles. The summed E-state index contributed by atoms with van der Waals surface area (Å²) in [5.74, 6) is -1.50. The van der Waals surface area contributed by atoms with Crippen molar-refractivity contribution in [2.24, 2.45) is 0 Å². The third-order valence-corrected chi connectivity index (χ3v) is 4.18. The molecule has 1 aromatic carbocycles. The zero-order valence-electron chi connectivity index (χ0n) is 9.07. The monoisotopic (exact) mass is 244 g/mol. The van der Waals surface area contributed by atoms with Crippen molar-refractivity contribution in [1.82, 2.24) is 0 Å². The van der Waals surface area contributed by atoms with E-state index in [0.29, 0.717) is 5.56 Å². The van der Waals surface area contributed by atoms with E-state index < -0.39 is 27.3 Å². The fourth-order valence-corrected chi connectivity index (χ4v) is 2.09. The van der Waals surface area contributed by atoms with Crippen LogP contribution in [0.2, 0.25) is 0 Å². The van der Waals surface area contributed by atoms with Crippen molar-refractivity contribution >= 4 is 16.8 Å². The molecule has 0 aliphatic rings. The van der Waals surface area contributed by atoms with Gasteiger partial charge in [-0.05, 0) is 31.5 Å². The lowest BCUT2D eigenvalue weighted by atomic mass is 10.2. The number of benzene rings is 1. The first-order valence-electron chi connectivity index (χ1n) is 4.70. The van der Waals surface area contributed by atoms with E-state index >= 15 is 0 Å². The minimum atomic E-state index is -1.59. The maximum atomic E-state index is 12.9. The highest BCUT2D eigenvalue weighted by Gasteiger charge is 2.34. The van der Waals surface area contributed by atoms with Gasteiger partial charge in [0.1, 0.15) is 10.6 Å². The van der Waals surface area contributed by atoms with Crippen LogP contribution in [0.25, 0.3) is 0 Å². The lowest BCUT2D eigenvalue weighted by molar-refractivity contribution is -0.139. The summed E-state index contributed by atoms with van der Waals surface area (Å²) in [6.45, 7) is 2.79. The lowest BCUT2D eigenvalue weighted by Crippen LogP contribution is -2.37. The van der Waals surface area contributed by atoms with Crippen LogP contribution in [0.1, 0.15) is 19.4 Å². The molecular weight excluding hydrogens is 231 g/mol. The molecular formula is C11H13FO3S. The Bertz CT molecular complexity index is 429. The first kappa shape index (κ1) is 12.8. The summed E-state index contributed by atoms with van der Waals surface area (Å²) in [4.78, 5) is 10.9. The normalized spacial score (nSPS) is 13.4. The molecule has 16 heavy (non-hydrogen) atoms. The summed E-state index contributed by atoms with van der Waals surface area (Å²) in [6.07, 6.45) is 0. The molecule has 3 nitrogen and oxygen atoms in total. The Kier molecular flexibility index (Phi) is 3.80. The molecule has 1 atom stereocenters. The molecule has 1 N–H and O–H groups in total. The zero-order valence-corrected chi connectivity index (χ0v) is 9.88. The van der Waals surface area contributed by atoms with Gasteiger partial charge < -0.3 is 5.11 Å². The van der Waals surface area contributed by atoms with Gasteiger partial charge in [0, 0.05) is 16.6 Å². The van der Waals surface area contributed by atoms with Crippen molar-refractivity contribution in [1.29, 1.82) is 0 Å². The molecule has 0 bridgehead atoms. The summed E-state index contributed by atoms with van der Waals surface area (Å²) in [6, 6.07) is 5.68. The Hall–Kier alpha value is -1.23. The third kappa shape index (κ3) is 2.88. The largest absolute Gasteiger partial charge is 0.480 e. The number of carbonyl (C=O) groups is 1. The fourth-order valence-electron chi connectivity index (χ4n) is 1.06. The van der Waals surface area contributed by atoms with Crippen molar-refractivity contribution in [2.45, 2.75) is 24.3 Å². The maximum Gasteiger partial charge on any atom is 0.321 e. The number of carboxylic acids is 1. The van der Waals surface area contributed by atoms with Crippen LogP contribution in [-0.4, -0.2) is 20.0 Å². The highest BCUT2D eigenvalue weighted by molar-refractivity contribution is 7.86. The Morgan fingerprint density at radius 1 is 1.50 bits per heavy atom. The number of carboxylic acid groups (broad SMARTS) is 1. The summed E-state index contributed by atoms with van der Waals surface area (Å²) < 4.78 is 23.3. The molecule has 1 aromatic rings. The van der Waals surface area contributed by atoms with Gasteiger partial charge in [0.2, 0.25) is 0 Å². The summed E-state index contributed by atoms with van der Waals surface area (Å²) in [7, 11) is -1.59. The van der Waals surface area contributed by atoms with Crippen molar-refractivity contribution in [3.05, 3.63) is 35.6 Å². The van der Waals surface area contributed by atoms with Crippen LogP contribution < -0.4 is 0 Å². The van der Waals surface area contributed by atoms with Crippen LogP contribution in [0, 0.1) is 5.82 Å². The molecule has 1 unspecified atom stereocenters. The molecule has 88 valence electrons. The molecule has 0 radical (unpaired) electrons. The van der Waals surface area contributed by atoms with Gasteiger partial charge in [-0.15, -0.1) is 0 Å². The molecule has 1 rings (SSSR count). The second-order valence-electron chi connectivity index (χ2n) is 3.94. The Morgan fingerprint density at radius 3 is 2.62 bits per heavy atom. The summed E-state index contributed by atoms with van der Waals surface area (Å²) in [5.41, 5.74) is 0.535. The van der Waals surface area contributed by atoms with E-state index in [4.69, 9.17) is 5.11 Å². The van der Waals surface area contributed by atoms with E-state index in [0.717, 1.165) is 0 Å². The van der Waals surface area contributed by atoms with Crippen molar-refractivity contribution < 1.29 is 18.5 Å². The number of hydrogen-bond donors (Lipinski definition) is 1. The molecule has 0 aliphatic carbocycles. The van der Waals surface area contributed by atoms with Crippen molar-refractivity contribution in [3.63, 3.8) is 0 Å². The maximum absolute atomic E-state index is 12.9. The molecule has 0 spiro atoms. The Balaban J connectivity index is 2.83. The standard InChI is InChI=1S/C11H13FO3S/c1-11(2,10(13)14)16(15)7-8-4-3-5-9(12)6-8/h3-6H,7H2,1-2H3,(H,13,14). The second kappa shape index (κ2) is 4.74. The van der Waals surface area contributed by atoms with E-state index in [9.17, 15) is 13.4 Å². The van der Waals surface area contributed by atoms with Gasteiger partial charge in [-0.3, -0.25) is 9.00 Å². The van der Waals surface area contributed by atoms with Gasteiger partial charge >= 0.3 is 5.97 Å². The molecule has 0 fully saturated rings. The third-order valence-electron chi connectivity index (χ3n) is 2.27. The number of halogens is 1. The van der Waals surface area contributed by atoms with Crippen LogP contribution in [0.3, 0.4) is 0 Å². The Morgan fingerprint density at radius 2 is 2.12 bits per heavy atom. The average molecular weight is 244 g/mol. The fraction of sp³-hybridized carbons (Fsp3) is 0.364. The second-order valence-corrected chi connectivity index (χ2v) is 5.94. The van der Waals surface area contributed by atoms with Crippen LogP contribution in [0.15, 0.2) is 24.3 Å². The van der Waals surface area contributed by atoms with Crippen LogP contribution in [0.4, 0.5) is 4.39 Å². The lowest BCUT2D eigenvalue weighted by Gasteiger charge is -2.18. The quantitative estimate of drug-likeness (QED) is 0.880. The van der Waals surface area contributed by atoms with Crippen LogP contribution in [-0.2, 0) is 21.3 Å². The van der Waals surface area contributed by atoms with Crippen molar-refractivity contribution in [2.75, 3.05) is 0 Å². The van der Waals surface area contributed by atoms with E-state index in [1.807, 2.05) is 0 Å². The molecule has 5 heteroatoms. The predicted octanol–water partition coefficient (Wildman–Crippen LogP) is 1.94. The SMILES string of the molecule is CC(C)(C(=O)O)S(=O)Cc1cccc(F)c1. The van der Waals surface area contributed by atoms with E-state index in [2.05, 4.69) is 0 Å². The highest BCUT2D eigenvalue weighted by atomic mass is 32.2. The summed E-state index contributed by atoms with van der Waals surface area (Å²) in [5, 5.41) is 8.88. The molecule has 0 aromatic heterocycles. The van der Waals surface area contributed by atoms with Crippen LogP contribution >= 0.6 is 0 Å². The average Bonchev–Trinajstić information content (AvgIpc) is 2.17. The number of aliphatic carboxylic acids is 1. The van der Waals surface area contributed by atoms with Crippen molar-refractivity contribution in [3.8, 4) is 0 Å². The topological polar surface area (TPSA) is 54.4 Å². The first-order valence-corrected chi connectivity index (χ1v) is 6.02. The number of hydrogen-bond acceptors (Lipinski definition) is 2. The number of rotatable bonds is 4. The van der Waals surface area contributed by atoms with Gasteiger partial charge in [0.15, 0.2) is 0 Å². The first-order chi connectivity index (χ1) is 7.34. The zero-order chi connectivity index (χ0) is 12.3. The van der Waals surface area contributed by atoms with Crippen LogP contribution in [0.5, 0.6) is 0 Å². The Labute approximate surface area is 95.8 Å². The predicted molar refractivity (Wildman–Crippen MR) is 60.0 cm³/mol. The van der Waals surface area contributed by atoms with E-state index in [1.165, 1.54) is 32.0 Å². The van der Waals surface area contributed by atoms with E-state index in [1.54, 1.807) is 6.07 Å². The van der Waals surface area contributed by atoms with E-state index in [-0.39, 0.29) is 5.75 Å². The highest BCUT2D eigenvalue weighted by Crippen LogP contribution is 2.18. The van der Waals surface area contributed by atoms with Gasteiger partial charge in [-0.25, -0.2) is 4.39 Å². The smallest absolute Gasteiger partial charge is 0.321 e. The minimum Gasteiger partial charge on any atom is -0.480 e. The van der Waals surface area contributed by atoms with Gasteiger partial charge in [0.05, 0.1) is 0 Å². The van der Waals surface area contributed by atoms with Gasteiger partial charge in [-0.2, -0.15) is 0 Å². The summed E-state index contributed by atoms with van der Waals surface area (Å²) >= 11 is 0. The molecule has 0 amide bonds. The van der Waals surface area contributed by atoms with Gasteiger partial charge in [0.25, 0.3) is 0 Å². The minimum absolute atomic E-state index is 0.0387. The van der Waals surface area contributed by atoms with Gasteiger partial charge in [-0.1, -0.05) is 12.1 Å². The molecule has 0 saturated heterocycles. The molecule has 0 heterocycles. The molecule has 0 saturated carbocycles.